The summed E-state index contributed by atoms with van der Waals surface area (Å²) in [6.07, 6.45) is -1.65. The molecule has 26 heavy (non-hydrogen) atoms. The zero-order valence-corrected chi connectivity index (χ0v) is 14.3. The van der Waals surface area contributed by atoms with Crippen LogP contribution < -0.4 is 10.5 Å². The zero-order valence-electron chi connectivity index (χ0n) is 14.3. The number of pyridine rings is 1. The largest absolute Gasteiger partial charge is 0.573 e. The summed E-state index contributed by atoms with van der Waals surface area (Å²) < 4.78 is 40.2. The van der Waals surface area contributed by atoms with Gasteiger partial charge in [-0.3, -0.25) is 9.59 Å². The predicted octanol–water partition coefficient (Wildman–Crippen LogP) is 2.26. The fraction of sp³-hybridized carbons (Fsp3) is 0.471. The number of aromatic nitrogens is 1. The number of halogens is 3. The number of alkyl halides is 3. The molecule has 2 N–H and O–H groups in total. The zero-order chi connectivity index (χ0) is 19.3. The van der Waals surface area contributed by atoms with Crippen molar-refractivity contribution < 1.29 is 27.5 Å². The lowest BCUT2D eigenvalue weighted by molar-refractivity contribution is -0.274. The first-order valence-corrected chi connectivity index (χ1v) is 7.95. The lowest BCUT2D eigenvalue weighted by Gasteiger charge is -2.53. The highest BCUT2D eigenvalue weighted by molar-refractivity contribution is 6.00. The highest BCUT2D eigenvalue weighted by atomic mass is 19.4. The lowest BCUT2D eigenvalue weighted by Crippen LogP contribution is -2.61. The van der Waals surface area contributed by atoms with Crippen molar-refractivity contribution in [1.82, 2.24) is 9.88 Å². The van der Waals surface area contributed by atoms with Gasteiger partial charge in [0.2, 0.25) is 0 Å². The summed E-state index contributed by atoms with van der Waals surface area (Å²) in [6.45, 7) is 4.40. The Balaban J connectivity index is 1.68. The number of hydrogen-bond donors (Lipinski definition) is 1. The molecule has 0 aromatic carbocycles. The van der Waals surface area contributed by atoms with Crippen molar-refractivity contribution in [2.24, 2.45) is 16.6 Å². The summed E-state index contributed by atoms with van der Waals surface area (Å²) >= 11 is 0. The third kappa shape index (κ3) is 3.38. The fourth-order valence-electron chi connectivity index (χ4n) is 3.72. The molecular formula is C17H18F3N3O3. The molecule has 1 aliphatic heterocycles. The van der Waals surface area contributed by atoms with Crippen LogP contribution in [0.15, 0.2) is 30.1 Å². The van der Waals surface area contributed by atoms with Gasteiger partial charge in [0.15, 0.2) is 5.78 Å². The minimum atomic E-state index is -4.81. The molecule has 0 unspecified atom stereocenters. The average Bonchev–Trinajstić information content (AvgIpc) is 2.48. The van der Waals surface area contributed by atoms with Crippen molar-refractivity contribution >= 4 is 11.7 Å². The molecule has 0 saturated carbocycles. The van der Waals surface area contributed by atoms with Crippen LogP contribution in [-0.2, 0) is 4.79 Å². The van der Waals surface area contributed by atoms with E-state index in [4.69, 9.17) is 5.73 Å². The molecule has 1 aromatic heterocycles. The summed E-state index contributed by atoms with van der Waals surface area (Å²) in [6, 6.07) is 2.23. The molecule has 140 valence electrons. The predicted molar refractivity (Wildman–Crippen MR) is 84.9 cm³/mol. The van der Waals surface area contributed by atoms with Gasteiger partial charge in [-0.1, -0.05) is 13.8 Å². The van der Waals surface area contributed by atoms with E-state index < -0.39 is 23.4 Å². The van der Waals surface area contributed by atoms with E-state index in [1.165, 1.54) is 11.0 Å². The summed E-state index contributed by atoms with van der Waals surface area (Å²) in [4.78, 5) is 29.8. The number of amides is 1. The number of nitrogens with zero attached hydrogens (tertiary/aromatic N) is 2. The van der Waals surface area contributed by atoms with Crippen LogP contribution in [0.5, 0.6) is 5.75 Å². The van der Waals surface area contributed by atoms with Gasteiger partial charge in [0.05, 0.1) is 11.9 Å². The Morgan fingerprint density at radius 2 is 1.96 bits per heavy atom. The molecule has 2 heterocycles. The second-order valence-electron chi connectivity index (χ2n) is 7.44. The van der Waals surface area contributed by atoms with Gasteiger partial charge in [-0.2, -0.15) is 0 Å². The summed E-state index contributed by atoms with van der Waals surface area (Å²) in [5, 5.41) is 0. The summed E-state index contributed by atoms with van der Waals surface area (Å²) in [7, 11) is 0. The molecule has 0 radical (unpaired) electrons. The van der Waals surface area contributed by atoms with Gasteiger partial charge in [0.1, 0.15) is 11.4 Å². The first-order valence-electron chi connectivity index (χ1n) is 7.95. The van der Waals surface area contributed by atoms with Gasteiger partial charge in [0, 0.05) is 23.9 Å². The number of allylic oxidation sites excluding steroid dienone is 1. The Hall–Kier alpha value is -2.58. The molecule has 9 heteroatoms. The Morgan fingerprint density at radius 1 is 1.31 bits per heavy atom. The summed E-state index contributed by atoms with van der Waals surface area (Å²) in [5.41, 5.74) is 5.12. The van der Waals surface area contributed by atoms with E-state index in [9.17, 15) is 22.8 Å². The van der Waals surface area contributed by atoms with E-state index in [-0.39, 0.29) is 22.6 Å². The number of carbonyl (C=O) groups is 2. The molecular weight excluding hydrogens is 351 g/mol. The second kappa shape index (κ2) is 5.72. The maximum Gasteiger partial charge on any atom is 0.573 e. The quantitative estimate of drug-likeness (QED) is 0.864. The number of nitrogens with two attached hydrogens (primary N) is 1. The Bertz CT molecular complexity index is 779. The van der Waals surface area contributed by atoms with Gasteiger partial charge in [0.25, 0.3) is 5.91 Å². The molecule has 0 atom stereocenters. The number of ketones is 1. The molecule has 1 spiro atoms. The summed E-state index contributed by atoms with van der Waals surface area (Å²) in [5.74, 6) is -0.983. The van der Waals surface area contributed by atoms with E-state index in [2.05, 4.69) is 9.72 Å². The Labute approximate surface area is 147 Å². The number of hydrogen-bond acceptors (Lipinski definition) is 5. The first kappa shape index (κ1) is 18.2. The van der Waals surface area contributed by atoms with Crippen molar-refractivity contribution in [2.45, 2.75) is 26.6 Å². The number of carbonyl (C=O) groups excluding carboxylic acids is 2. The van der Waals surface area contributed by atoms with Gasteiger partial charge < -0.3 is 15.4 Å². The van der Waals surface area contributed by atoms with Crippen LogP contribution >= 0.6 is 0 Å². The number of likely N-dealkylation sites (tertiary alicyclic amines) is 1. The van der Waals surface area contributed by atoms with Crippen LogP contribution in [0.2, 0.25) is 0 Å². The lowest BCUT2D eigenvalue weighted by atomic mass is 9.62. The van der Waals surface area contributed by atoms with Crippen LogP contribution in [-0.4, -0.2) is 41.0 Å². The van der Waals surface area contributed by atoms with Crippen LogP contribution in [0.25, 0.3) is 0 Å². The molecule has 6 nitrogen and oxygen atoms in total. The van der Waals surface area contributed by atoms with Crippen molar-refractivity contribution in [1.29, 1.82) is 0 Å². The average molecular weight is 369 g/mol. The second-order valence-corrected chi connectivity index (χ2v) is 7.44. The van der Waals surface area contributed by atoms with Crippen LogP contribution in [0.1, 0.15) is 30.8 Å². The van der Waals surface area contributed by atoms with E-state index in [0.29, 0.717) is 19.5 Å². The van der Waals surface area contributed by atoms with Gasteiger partial charge >= 0.3 is 6.36 Å². The number of Topliss-reactive ketones (excluding diaryl/α,β-unsaturated/α-hetero) is 1. The SMILES string of the molecule is CC1(C)CC2(C=C(N)C1=O)CN(C(=O)c1ccc(OC(F)(F)F)cn1)C2. The maximum atomic E-state index is 12.4. The molecule has 0 bridgehead atoms. The highest BCUT2D eigenvalue weighted by Gasteiger charge is 2.52. The molecule has 1 aliphatic carbocycles. The first-order chi connectivity index (χ1) is 11.9. The van der Waals surface area contributed by atoms with Gasteiger partial charge in [-0.15, -0.1) is 13.2 Å². The number of rotatable bonds is 2. The molecule has 1 amide bonds. The highest BCUT2D eigenvalue weighted by Crippen LogP contribution is 2.47. The van der Waals surface area contributed by atoms with Crippen molar-refractivity contribution in [3.63, 3.8) is 0 Å². The van der Waals surface area contributed by atoms with Crippen LogP contribution in [0.3, 0.4) is 0 Å². The maximum absolute atomic E-state index is 12.4. The minimum absolute atomic E-state index is 0.0254. The van der Waals surface area contributed by atoms with E-state index in [0.717, 1.165) is 12.3 Å². The fourth-order valence-corrected chi connectivity index (χ4v) is 3.72. The molecule has 2 aliphatic rings. The Morgan fingerprint density at radius 3 is 2.46 bits per heavy atom. The van der Waals surface area contributed by atoms with Crippen LogP contribution in [0, 0.1) is 10.8 Å². The topological polar surface area (TPSA) is 85.5 Å². The van der Waals surface area contributed by atoms with Crippen molar-refractivity contribution in [2.75, 3.05) is 13.1 Å². The number of ether oxygens (including phenoxy) is 1. The van der Waals surface area contributed by atoms with E-state index >= 15 is 0 Å². The molecule has 1 aromatic rings. The monoisotopic (exact) mass is 369 g/mol. The van der Waals surface area contributed by atoms with Gasteiger partial charge in [-0.05, 0) is 24.6 Å². The Kier molecular flexibility index (Phi) is 4.01. The van der Waals surface area contributed by atoms with E-state index in [1.54, 1.807) is 6.08 Å². The smallest absolute Gasteiger partial charge is 0.404 e. The third-order valence-electron chi connectivity index (χ3n) is 4.62. The minimum Gasteiger partial charge on any atom is -0.404 e. The van der Waals surface area contributed by atoms with Crippen LogP contribution in [0.4, 0.5) is 13.2 Å². The third-order valence-corrected chi connectivity index (χ3v) is 4.62. The molecule has 1 fully saturated rings. The molecule has 1 saturated heterocycles. The normalized spacial score (nSPS) is 21.2. The standard InChI is InChI=1S/C17H18F3N3O3/c1-15(2)7-16(5-11(21)13(15)24)8-23(9-16)14(25)12-4-3-10(6-22-12)26-17(18,19)20/h3-6H,7-9,21H2,1-2H3. The van der Waals surface area contributed by atoms with Gasteiger partial charge in [-0.25, -0.2) is 4.98 Å². The van der Waals surface area contributed by atoms with Crippen molar-refractivity contribution in [3.8, 4) is 5.75 Å². The van der Waals surface area contributed by atoms with E-state index in [1.807, 2.05) is 13.8 Å². The van der Waals surface area contributed by atoms with Crippen molar-refractivity contribution in [3.05, 3.63) is 35.8 Å². The molecule has 3 rings (SSSR count).